The predicted octanol–water partition coefficient (Wildman–Crippen LogP) is 4.70. The molecule has 0 aliphatic rings. The highest BCUT2D eigenvalue weighted by atomic mass is 32.2. The summed E-state index contributed by atoms with van der Waals surface area (Å²) >= 11 is 0. The minimum atomic E-state index is -3.61. The molecule has 1 aromatic heterocycles. The molecule has 0 saturated heterocycles. The monoisotopic (exact) mass is 425 g/mol. The molecule has 0 amide bonds. The molecule has 0 radical (unpaired) electrons. The number of hydrogen-bond donors (Lipinski definition) is 0. The number of nitrogens with zero attached hydrogens (tertiary/aromatic N) is 3. The van der Waals surface area contributed by atoms with Crippen molar-refractivity contribution in [3.8, 4) is 0 Å². The fraction of sp³-hybridized carbons (Fsp3) is 0.375. The lowest BCUT2D eigenvalue weighted by atomic mass is 10.1. The van der Waals surface area contributed by atoms with Crippen LogP contribution >= 0.6 is 0 Å². The topological polar surface area (TPSA) is 55.2 Å². The third-order valence-corrected chi connectivity index (χ3v) is 7.02. The zero-order valence-corrected chi connectivity index (χ0v) is 19.3. The Balaban J connectivity index is 1.90. The number of imidazole rings is 1. The molecule has 0 saturated carbocycles. The summed E-state index contributed by atoms with van der Waals surface area (Å²) in [6.07, 6.45) is 3.66. The van der Waals surface area contributed by atoms with Gasteiger partial charge in [-0.15, -0.1) is 0 Å². The van der Waals surface area contributed by atoms with Gasteiger partial charge in [0.25, 0.3) is 0 Å². The quantitative estimate of drug-likeness (QED) is 0.525. The van der Waals surface area contributed by atoms with Gasteiger partial charge in [0.2, 0.25) is 10.0 Å². The number of rotatable bonds is 8. The second-order valence-electron chi connectivity index (χ2n) is 8.41. The Hall–Kier alpha value is -2.44. The molecule has 160 valence electrons. The maximum Gasteiger partial charge on any atom is 0.243 e. The van der Waals surface area contributed by atoms with Crippen molar-refractivity contribution in [2.24, 2.45) is 5.92 Å². The zero-order chi connectivity index (χ0) is 21.9. The molecule has 1 heterocycles. The number of hydrogen-bond acceptors (Lipinski definition) is 3. The molecule has 2 aromatic carbocycles. The summed E-state index contributed by atoms with van der Waals surface area (Å²) in [5.41, 5.74) is 4.67. The van der Waals surface area contributed by atoms with E-state index in [2.05, 4.69) is 37.0 Å². The third kappa shape index (κ3) is 5.18. The molecule has 0 N–H and O–H groups in total. The highest BCUT2D eigenvalue weighted by Crippen LogP contribution is 2.21. The minimum Gasteiger partial charge on any atom is -0.329 e. The fourth-order valence-corrected chi connectivity index (χ4v) is 5.02. The van der Waals surface area contributed by atoms with Crippen molar-refractivity contribution in [1.29, 1.82) is 0 Å². The van der Waals surface area contributed by atoms with E-state index in [1.165, 1.54) is 16.7 Å². The standard InChI is InChI=1S/C24H31N3O2S/c1-18(2)15-27(30(28,29)23-10-7-19(3)8-11-23)17-24-25-12-13-26(24)16-22-14-20(4)6-9-21(22)5/h6-14,18H,15-17H2,1-5H3. The summed E-state index contributed by atoms with van der Waals surface area (Å²) in [4.78, 5) is 4.81. The lowest BCUT2D eigenvalue weighted by molar-refractivity contribution is 0.351. The van der Waals surface area contributed by atoms with E-state index in [0.717, 1.165) is 11.4 Å². The van der Waals surface area contributed by atoms with Crippen LogP contribution in [0.3, 0.4) is 0 Å². The Morgan fingerprint density at radius 2 is 1.67 bits per heavy atom. The Labute approximate surface area is 180 Å². The molecule has 0 spiro atoms. The van der Waals surface area contributed by atoms with Gasteiger partial charge in [0.1, 0.15) is 5.82 Å². The van der Waals surface area contributed by atoms with Gasteiger partial charge in [0, 0.05) is 25.5 Å². The largest absolute Gasteiger partial charge is 0.329 e. The first-order chi connectivity index (χ1) is 14.2. The molecule has 3 rings (SSSR count). The van der Waals surface area contributed by atoms with Gasteiger partial charge in [-0.1, -0.05) is 55.3 Å². The van der Waals surface area contributed by atoms with Crippen LogP contribution in [0, 0.1) is 26.7 Å². The molecule has 0 atom stereocenters. The van der Waals surface area contributed by atoms with Gasteiger partial charge >= 0.3 is 0 Å². The normalized spacial score (nSPS) is 12.1. The first kappa shape index (κ1) is 22.2. The van der Waals surface area contributed by atoms with Crippen LogP contribution in [-0.4, -0.2) is 28.8 Å². The highest BCUT2D eigenvalue weighted by molar-refractivity contribution is 7.89. The molecule has 3 aromatic rings. The van der Waals surface area contributed by atoms with E-state index < -0.39 is 10.0 Å². The first-order valence-corrected chi connectivity index (χ1v) is 11.7. The Bertz CT molecular complexity index is 1100. The number of benzene rings is 2. The zero-order valence-electron chi connectivity index (χ0n) is 18.5. The van der Waals surface area contributed by atoms with E-state index in [0.29, 0.717) is 18.0 Å². The van der Waals surface area contributed by atoms with E-state index in [9.17, 15) is 8.42 Å². The second kappa shape index (κ2) is 9.14. The summed E-state index contributed by atoms with van der Waals surface area (Å²) in [5.74, 6) is 0.944. The molecule has 0 bridgehead atoms. The molecule has 30 heavy (non-hydrogen) atoms. The van der Waals surface area contributed by atoms with E-state index in [4.69, 9.17) is 0 Å². The van der Waals surface area contributed by atoms with Crippen LogP contribution in [0.2, 0.25) is 0 Å². The predicted molar refractivity (Wildman–Crippen MR) is 121 cm³/mol. The van der Waals surface area contributed by atoms with Crippen molar-refractivity contribution in [2.75, 3.05) is 6.54 Å². The number of aromatic nitrogens is 2. The van der Waals surface area contributed by atoms with Gasteiger partial charge < -0.3 is 4.57 Å². The minimum absolute atomic E-state index is 0.202. The van der Waals surface area contributed by atoms with Crippen LogP contribution in [0.5, 0.6) is 0 Å². The molecule has 0 aliphatic carbocycles. The fourth-order valence-electron chi connectivity index (χ4n) is 3.46. The molecule has 6 heteroatoms. The summed E-state index contributed by atoms with van der Waals surface area (Å²) in [5, 5.41) is 0. The molecule has 0 aliphatic heterocycles. The van der Waals surface area contributed by atoms with Gasteiger partial charge in [-0.05, 0) is 49.9 Å². The van der Waals surface area contributed by atoms with Crippen molar-refractivity contribution in [3.63, 3.8) is 0 Å². The Kier molecular flexibility index (Phi) is 6.78. The number of sulfonamides is 1. The van der Waals surface area contributed by atoms with Crippen LogP contribution in [0.25, 0.3) is 0 Å². The molecule has 0 unspecified atom stereocenters. The van der Waals surface area contributed by atoms with Crippen molar-refractivity contribution in [3.05, 3.63) is 82.9 Å². The van der Waals surface area contributed by atoms with Crippen LogP contribution in [0.1, 0.15) is 41.9 Å². The van der Waals surface area contributed by atoms with Gasteiger partial charge in [0.05, 0.1) is 11.4 Å². The maximum atomic E-state index is 13.4. The average molecular weight is 426 g/mol. The summed E-state index contributed by atoms with van der Waals surface area (Å²) < 4.78 is 30.3. The van der Waals surface area contributed by atoms with Crippen LogP contribution in [0.4, 0.5) is 0 Å². The maximum absolute atomic E-state index is 13.4. The summed E-state index contributed by atoms with van der Waals surface area (Å²) in [6, 6.07) is 13.4. The van der Waals surface area contributed by atoms with Gasteiger partial charge in [-0.25, -0.2) is 13.4 Å². The van der Waals surface area contributed by atoms with Crippen LogP contribution in [-0.2, 0) is 23.1 Å². The molecule has 5 nitrogen and oxygen atoms in total. The van der Waals surface area contributed by atoms with Crippen LogP contribution in [0.15, 0.2) is 59.8 Å². The van der Waals surface area contributed by atoms with Gasteiger partial charge in [0.15, 0.2) is 0 Å². The highest BCUT2D eigenvalue weighted by Gasteiger charge is 2.26. The molecule has 0 fully saturated rings. The van der Waals surface area contributed by atoms with E-state index in [-0.39, 0.29) is 12.5 Å². The Morgan fingerprint density at radius 3 is 2.33 bits per heavy atom. The third-order valence-electron chi connectivity index (χ3n) is 5.19. The summed E-state index contributed by atoms with van der Waals surface area (Å²) in [7, 11) is -3.61. The number of aryl methyl sites for hydroxylation is 3. The van der Waals surface area contributed by atoms with E-state index in [1.54, 1.807) is 22.6 Å². The lowest BCUT2D eigenvalue weighted by Gasteiger charge is -2.24. The van der Waals surface area contributed by atoms with E-state index in [1.807, 2.05) is 43.7 Å². The van der Waals surface area contributed by atoms with Gasteiger partial charge in [-0.3, -0.25) is 0 Å². The molecular formula is C24H31N3O2S. The van der Waals surface area contributed by atoms with E-state index >= 15 is 0 Å². The first-order valence-electron chi connectivity index (χ1n) is 10.3. The Morgan fingerprint density at radius 1 is 1.00 bits per heavy atom. The van der Waals surface area contributed by atoms with Crippen molar-refractivity contribution in [1.82, 2.24) is 13.9 Å². The molecular weight excluding hydrogens is 394 g/mol. The average Bonchev–Trinajstić information content (AvgIpc) is 3.11. The summed E-state index contributed by atoms with van der Waals surface area (Å²) in [6.45, 7) is 11.5. The van der Waals surface area contributed by atoms with Crippen molar-refractivity contribution >= 4 is 10.0 Å². The van der Waals surface area contributed by atoms with Crippen molar-refractivity contribution in [2.45, 2.75) is 52.6 Å². The van der Waals surface area contributed by atoms with Gasteiger partial charge in [-0.2, -0.15) is 4.31 Å². The lowest BCUT2D eigenvalue weighted by Crippen LogP contribution is -2.34. The SMILES string of the molecule is Cc1ccc(S(=O)(=O)N(Cc2nccn2Cc2cc(C)ccc2C)CC(C)C)cc1. The second-order valence-corrected chi connectivity index (χ2v) is 10.3. The van der Waals surface area contributed by atoms with Crippen LogP contribution < -0.4 is 0 Å². The smallest absolute Gasteiger partial charge is 0.243 e. The van der Waals surface area contributed by atoms with Crippen molar-refractivity contribution < 1.29 is 8.42 Å².